The summed E-state index contributed by atoms with van der Waals surface area (Å²) in [5, 5.41) is 14.7. The van der Waals surface area contributed by atoms with Crippen molar-refractivity contribution in [2.45, 2.75) is 13.2 Å². The van der Waals surface area contributed by atoms with E-state index >= 15 is 0 Å². The first-order valence-electron chi connectivity index (χ1n) is 6.63. The van der Waals surface area contributed by atoms with Crippen LogP contribution in [0.15, 0.2) is 60.8 Å². The third-order valence-electron chi connectivity index (χ3n) is 3.34. The Morgan fingerprint density at radius 2 is 1.65 bits per heavy atom. The number of nitrogens with zero attached hydrogens (tertiary/aromatic N) is 1. The lowest BCUT2D eigenvalue weighted by Crippen LogP contribution is -2.02. The molecule has 0 bridgehead atoms. The lowest BCUT2D eigenvalue weighted by atomic mass is 10.1. The maximum absolute atomic E-state index is 9.03. The number of nitrogens with one attached hydrogen (secondary N) is 1. The van der Waals surface area contributed by atoms with Crippen molar-refractivity contribution in [3.05, 3.63) is 71.9 Å². The van der Waals surface area contributed by atoms with Gasteiger partial charge in [-0.25, -0.2) is 4.98 Å². The average Bonchev–Trinajstić information content (AvgIpc) is 2.53. The van der Waals surface area contributed by atoms with E-state index in [1.54, 1.807) is 0 Å². The maximum Gasteiger partial charge on any atom is 0.134 e. The molecule has 1 aromatic heterocycles. The Kier molecular flexibility index (Phi) is 3.61. The third-order valence-corrected chi connectivity index (χ3v) is 3.34. The fourth-order valence-corrected chi connectivity index (χ4v) is 2.21. The molecule has 3 heteroatoms. The number of aliphatic hydroxyl groups is 1. The molecule has 1 heterocycles. The van der Waals surface area contributed by atoms with Gasteiger partial charge in [0.2, 0.25) is 0 Å². The predicted molar refractivity (Wildman–Crippen MR) is 81.4 cm³/mol. The van der Waals surface area contributed by atoms with Crippen molar-refractivity contribution in [3.63, 3.8) is 0 Å². The van der Waals surface area contributed by atoms with Crippen molar-refractivity contribution in [1.29, 1.82) is 0 Å². The highest BCUT2D eigenvalue weighted by atomic mass is 16.3. The van der Waals surface area contributed by atoms with Gasteiger partial charge < -0.3 is 10.4 Å². The molecule has 100 valence electrons. The van der Waals surface area contributed by atoms with Crippen LogP contribution in [-0.2, 0) is 13.2 Å². The van der Waals surface area contributed by atoms with Crippen molar-refractivity contribution in [2.75, 3.05) is 5.32 Å². The Hall–Kier alpha value is -2.39. The minimum absolute atomic E-state index is 0.0819. The number of aliphatic hydroxyl groups excluding tert-OH is 1. The molecule has 0 aliphatic heterocycles. The molecule has 0 amide bonds. The molecule has 0 aliphatic carbocycles. The second-order valence-electron chi connectivity index (χ2n) is 4.71. The smallest absolute Gasteiger partial charge is 0.134 e. The van der Waals surface area contributed by atoms with E-state index in [1.165, 1.54) is 5.39 Å². The van der Waals surface area contributed by atoms with E-state index < -0.39 is 0 Å². The van der Waals surface area contributed by atoms with Crippen LogP contribution in [-0.4, -0.2) is 10.1 Å². The Bertz CT molecular complexity index is 702. The number of aromatic nitrogens is 1. The first-order valence-corrected chi connectivity index (χ1v) is 6.63. The summed E-state index contributed by atoms with van der Waals surface area (Å²) in [4.78, 5) is 4.40. The van der Waals surface area contributed by atoms with Crippen LogP contribution in [0.25, 0.3) is 10.8 Å². The van der Waals surface area contributed by atoms with Gasteiger partial charge in [-0.3, -0.25) is 0 Å². The van der Waals surface area contributed by atoms with E-state index in [0.717, 1.165) is 22.3 Å². The number of fused-ring (bicyclic) bond motifs is 1. The van der Waals surface area contributed by atoms with Crippen LogP contribution < -0.4 is 5.32 Å². The van der Waals surface area contributed by atoms with E-state index in [4.69, 9.17) is 5.11 Å². The number of pyridine rings is 1. The summed E-state index contributed by atoms with van der Waals surface area (Å²) in [6.45, 7) is 0.797. The molecule has 0 radical (unpaired) electrons. The quantitative estimate of drug-likeness (QED) is 0.759. The highest BCUT2D eigenvalue weighted by Crippen LogP contribution is 2.20. The van der Waals surface area contributed by atoms with E-state index in [9.17, 15) is 0 Å². The lowest BCUT2D eigenvalue weighted by molar-refractivity contribution is 0.282. The van der Waals surface area contributed by atoms with Crippen LogP contribution in [0.2, 0.25) is 0 Å². The summed E-state index contributed by atoms with van der Waals surface area (Å²) in [6, 6.07) is 18.1. The zero-order chi connectivity index (χ0) is 13.8. The van der Waals surface area contributed by atoms with Gasteiger partial charge in [0.1, 0.15) is 5.82 Å². The molecule has 0 atom stereocenters. The minimum atomic E-state index is 0.0819. The zero-order valence-electron chi connectivity index (χ0n) is 11.1. The molecule has 0 aliphatic rings. The van der Waals surface area contributed by atoms with E-state index in [2.05, 4.69) is 22.4 Å². The highest BCUT2D eigenvalue weighted by Gasteiger charge is 2.01. The van der Waals surface area contributed by atoms with Gasteiger partial charge in [-0.2, -0.15) is 0 Å². The summed E-state index contributed by atoms with van der Waals surface area (Å²) in [5.74, 6) is 0.898. The molecule has 0 saturated heterocycles. The van der Waals surface area contributed by atoms with Crippen LogP contribution >= 0.6 is 0 Å². The number of rotatable bonds is 4. The number of hydrogen-bond acceptors (Lipinski definition) is 3. The van der Waals surface area contributed by atoms with Crippen molar-refractivity contribution in [3.8, 4) is 0 Å². The van der Waals surface area contributed by atoms with E-state index in [1.807, 2.05) is 48.7 Å². The molecule has 3 nitrogen and oxygen atoms in total. The number of benzene rings is 2. The zero-order valence-corrected chi connectivity index (χ0v) is 11.1. The molecular weight excluding hydrogens is 248 g/mol. The largest absolute Gasteiger partial charge is 0.392 e. The predicted octanol–water partition coefficient (Wildman–Crippen LogP) is 3.34. The van der Waals surface area contributed by atoms with Crippen LogP contribution in [0.4, 0.5) is 5.82 Å². The van der Waals surface area contributed by atoms with Crippen molar-refractivity contribution in [1.82, 2.24) is 4.98 Å². The highest BCUT2D eigenvalue weighted by molar-refractivity contribution is 5.91. The molecular formula is C17H16N2O. The Morgan fingerprint density at radius 1 is 0.900 bits per heavy atom. The summed E-state index contributed by atoms with van der Waals surface area (Å²) in [6.07, 6.45) is 1.82. The van der Waals surface area contributed by atoms with Crippen LogP contribution in [0, 0.1) is 0 Å². The van der Waals surface area contributed by atoms with E-state index in [-0.39, 0.29) is 6.61 Å². The second kappa shape index (κ2) is 5.72. The summed E-state index contributed by atoms with van der Waals surface area (Å²) >= 11 is 0. The molecule has 2 aromatic carbocycles. The van der Waals surface area contributed by atoms with Gasteiger partial charge in [0.05, 0.1) is 6.61 Å². The van der Waals surface area contributed by atoms with Gasteiger partial charge in [-0.05, 0) is 22.6 Å². The fourth-order valence-electron chi connectivity index (χ4n) is 2.21. The molecule has 0 spiro atoms. The monoisotopic (exact) mass is 264 g/mol. The standard InChI is InChI=1S/C17H16N2O/c20-12-14-7-5-13(6-8-14)11-19-17-16-4-2-1-3-15(16)9-10-18-17/h1-10,20H,11-12H2,(H,18,19). The van der Waals surface area contributed by atoms with Crippen LogP contribution in [0.1, 0.15) is 11.1 Å². The number of anilines is 1. The Labute approximate surface area is 117 Å². The average molecular weight is 264 g/mol. The first kappa shape index (κ1) is 12.6. The number of hydrogen-bond donors (Lipinski definition) is 2. The molecule has 2 N–H and O–H groups in total. The summed E-state index contributed by atoms with van der Waals surface area (Å²) in [7, 11) is 0. The third kappa shape index (κ3) is 2.63. The van der Waals surface area contributed by atoms with E-state index in [0.29, 0.717) is 6.54 Å². The van der Waals surface area contributed by atoms with Crippen molar-refractivity contribution < 1.29 is 5.11 Å². The van der Waals surface area contributed by atoms with Crippen molar-refractivity contribution in [2.24, 2.45) is 0 Å². The Balaban J connectivity index is 1.79. The van der Waals surface area contributed by atoms with Gasteiger partial charge in [0, 0.05) is 18.1 Å². The summed E-state index contributed by atoms with van der Waals surface area (Å²) in [5.41, 5.74) is 2.09. The molecule has 0 saturated carbocycles. The van der Waals surface area contributed by atoms with Gasteiger partial charge in [-0.15, -0.1) is 0 Å². The van der Waals surface area contributed by atoms with Gasteiger partial charge in [0.25, 0.3) is 0 Å². The lowest BCUT2D eigenvalue weighted by Gasteiger charge is -2.09. The van der Waals surface area contributed by atoms with Gasteiger partial charge in [0.15, 0.2) is 0 Å². The van der Waals surface area contributed by atoms with Crippen LogP contribution in [0.5, 0.6) is 0 Å². The molecule has 3 aromatic rings. The molecule has 0 fully saturated rings. The van der Waals surface area contributed by atoms with Gasteiger partial charge >= 0.3 is 0 Å². The Morgan fingerprint density at radius 3 is 2.45 bits per heavy atom. The SMILES string of the molecule is OCc1ccc(CNc2nccc3ccccc23)cc1. The second-order valence-corrected chi connectivity index (χ2v) is 4.71. The molecule has 0 unspecified atom stereocenters. The first-order chi connectivity index (χ1) is 9.86. The van der Waals surface area contributed by atoms with Crippen LogP contribution in [0.3, 0.4) is 0 Å². The fraction of sp³-hybridized carbons (Fsp3) is 0.118. The maximum atomic E-state index is 9.03. The topological polar surface area (TPSA) is 45.1 Å². The summed E-state index contributed by atoms with van der Waals surface area (Å²) < 4.78 is 0. The normalized spacial score (nSPS) is 10.7. The minimum Gasteiger partial charge on any atom is -0.392 e. The van der Waals surface area contributed by atoms with Crippen molar-refractivity contribution >= 4 is 16.6 Å². The molecule has 3 rings (SSSR count). The van der Waals surface area contributed by atoms with Gasteiger partial charge in [-0.1, -0.05) is 48.5 Å². The molecule has 20 heavy (non-hydrogen) atoms.